The van der Waals surface area contributed by atoms with E-state index in [9.17, 15) is 0 Å². The van der Waals surface area contributed by atoms with E-state index in [2.05, 4.69) is 74.1 Å². The summed E-state index contributed by atoms with van der Waals surface area (Å²) in [6.45, 7) is 5.53. The summed E-state index contributed by atoms with van der Waals surface area (Å²) in [6, 6.07) is 14.8. The number of hydrogen-bond acceptors (Lipinski definition) is 2. The maximum Gasteiger partial charge on any atom is 0.127 e. The molecule has 2 aromatic carbocycles. The molecule has 0 spiro atoms. The van der Waals surface area contributed by atoms with Gasteiger partial charge in [-0.15, -0.1) is 0 Å². The van der Waals surface area contributed by atoms with Crippen LogP contribution in [0.2, 0.25) is 0 Å². The van der Waals surface area contributed by atoms with Gasteiger partial charge in [-0.1, -0.05) is 49.1 Å². The first kappa shape index (κ1) is 15.6. The molecule has 0 radical (unpaired) electrons. The van der Waals surface area contributed by atoms with Crippen LogP contribution >= 0.6 is 0 Å². The molecule has 2 heteroatoms. The second kappa shape index (κ2) is 6.84. The van der Waals surface area contributed by atoms with Gasteiger partial charge < -0.3 is 9.64 Å². The Labute approximate surface area is 138 Å². The average molecular weight is 305 g/mol. The van der Waals surface area contributed by atoms with E-state index < -0.39 is 0 Å². The lowest BCUT2D eigenvalue weighted by Gasteiger charge is -2.13. The van der Waals surface area contributed by atoms with Crippen molar-refractivity contribution in [2.75, 3.05) is 20.6 Å². The minimum atomic E-state index is 0.613. The zero-order valence-electron chi connectivity index (χ0n) is 13.9. The highest BCUT2D eigenvalue weighted by molar-refractivity contribution is 5.85. The minimum absolute atomic E-state index is 0.613. The van der Waals surface area contributed by atoms with Crippen LogP contribution in [0.15, 0.2) is 55.1 Å². The van der Waals surface area contributed by atoms with E-state index >= 15 is 0 Å². The van der Waals surface area contributed by atoms with Gasteiger partial charge >= 0.3 is 0 Å². The van der Waals surface area contributed by atoms with Gasteiger partial charge in [-0.3, -0.25) is 0 Å². The summed E-state index contributed by atoms with van der Waals surface area (Å²) < 4.78 is 6.05. The molecule has 118 valence electrons. The van der Waals surface area contributed by atoms with E-state index in [1.807, 2.05) is 6.08 Å². The second-order valence-corrected chi connectivity index (χ2v) is 6.12. The molecular weight excluding hydrogens is 282 g/mol. The molecule has 0 N–H and O–H groups in total. The fraction of sp³-hybridized carbons (Fsp3) is 0.238. The van der Waals surface area contributed by atoms with Gasteiger partial charge in [0.15, 0.2) is 0 Å². The van der Waals surface area contributed by atoms with Crippen molar-refractivity contribution in [3.8, 4) is 5.75 Å². The van der Waals surface area contributed by atoms with Gasteiger partial charge in [-0.2, -0.15) is 0 Å². The monoisotopic (exact) mass is 305 g/mol. The van der Waals surface area contributed by atoms with Crippen molar-refractivity contribution >= 4 is 11.6 Å². The van der Waals surface area contributed by atoms with E-state index in [0.717, 1.165) is 29.8 Å². The molecule has 0 unspecified atom stereocenters. The van der Waals surface area contributed by atoms with Crippen molar-refractivity contribution < 1.29 is 4.74 Å². The molecule has 0 aromatic heterocycles. The highest BCUT2D eigenvalue weighted by atomic mass is 16.5. The van der Waals surface area contributed by atoms with Gasteiger partial charge in [-0.25, -0.2) is 0 Å². The van der Waals surface area contributed by atoms with Crippen molar-refractivity contribution in [3.05, 3.63) is 77.4 Å². The molecule has 0 aliphatic carbocycles. The van der Waals surface area contributed by atoms with Crippen LogP contribution in [0.25, 0.3) is 11.6 Å². The lowest BCUT2D eigenvalue weighted by atomic mass is 9.92. The van der Waals surface area contributed by atoms with Crippen molar-refractivity contribution in [1.29, 1.82) is 0 Å². The van der Waals surface area contributed by atoms with Crippen LogP contribution in [0.3, 0.4) is 0 Å². The zero-order valence-corrected chi connectivity index (χ0v) is 13.9. The summed E-state index contributed by atoms with van der Waals surface area (Å²) in [4.78, 5) is 2.21. The molecule has 0 saturated heterocycles. The number of nitrogens with zero attached hydrogens (tertiary/aromatic N) is 1. The van der Waals surface area contributed by atoms with E-state index in [1.54, 1.807) is 0 Å². The molecule has 1 aliphatic rings. The second-order valence-electron chi connectivity index (χ2n) is 6.12. The molecule has 0 fully saturated rings. The van der Waals surface area contributed by atoms with Gasteiger partial charge in [-0.05, 0) is 54.9 Å². The van der Waals surface area contributed by atoms with Crippen LogP contribution in [0.4, 0.5) is 0 Å². The molecule has 0 amide bonds. The molecule has 23 heavy (non-hydrogen) atoms. The highest BCUT2D eigenvalue weighted by Crippen LogP contribution is 2.37. The third kappa shape index (κ3) is 3.38. The molecule has 2 aromatic rings. The molecule has 2 nitrogen and oxygen atoms in total. The molecule has 0 saturated carbocycles. The molecule has 3 rings (SSSR count). The van der Waals surface area contributed by atoms with Gasteiger partial charge in [0.1, 0.15) is 12.4 Å². The summed E-state index contributed by atoms with van der Waals surface area (Å²) in [5.41, 5.74) is 6.04. The summed E-state index contributed by atoms with van der Waals surface area (Å²) in [7, 11) is 4.21. The van der Waals surface area contributed by atoms with Crippen LogP contribution in [-0.4, -0.2) is 25.5 Å². The van der Waals surface area contributed by atoms with Gasteiger partial charge in [0.05, 0.1) is 0 Å². The Kier molecular flexibility index (Phi) is 4.63. The van der Waals surface area contributed by atoms with Gasteiger partial charge in [0.2, 0.25) is 0 Å². The Morgan fingerprint density at radius 3 is 2.74 bits per heavy atom. The van der Waals surface area contributed by atoms with Gasteiger partial charge in [0.25, 0.3) is 0 Å². The van der Waals surface area contributed by atoms with E-state index in [1.165, 1.54) is 16.7 Å². The predicted octanol–water partition coefficient (Wildman–Crippen LogP) is 4.61. The Balaban J connectivity index is 2.12. The number of benzene rings is 2. The zero-order chi connectivity index (χ0) is 16.2. The predicted molar refractivity (Wildman–Crippen MR) is 97.6 cm³/mol. The smallest absolute Gasteiger partial charge is 0.127 e. The van der Waals surface area contributed by atoms with Gasteiger partial charge in [0, 0.05) is 12.1 Å². The van der Waals surface area contributed by atoms with E-state index in [0.29, 0.717) is 6.61 Å². The first-order chi connectivity index (χ1) is 11.2. The van der Waals surface area contributed by atoms with Crippen molar-refractivity contribution in [2.24, 2.45) is 0 Å². The summed E-state index contributed by atoms with van der Waals surface area (Å²) >= 11 is 0. The lowest BCUT2D eigenvalue weighted by Crippen LogP contribution is -2.12. The molecular formula is C21H23NO. The highest BCUT2D eigenvalue weighted by Gasteiger charge is 2.18. The van der Waals surface area contributed by atoms with Crippen LogP contribution < -0.4 is 4.74 Å². The SMILES string of the molecule is C=Cc1ccc2c(c1)/C(=C/CCN(C)C)c1ccccc1CO2. The molecule has 1 heterocycles. The normalized spacial score (nSPS) is 14.8. The summed E-state index contributed by atoms with van der Waals surface area (Å²) in [6.07, 6.45) is 5.22. The Morgan fingerprint density at radius 2 is 1.96 bits per heavy atom. The number of fused-ring (bicyclic) bond motifs is 2. The van der Waals surface area contributed by atoms with Crippen molar-refractivity contribution in [1.82, 2.24) is 4.90 Å². The third-order valence-electron chi connectivity index (χ3n) is 4.14. The van der Waals surface area contributed by atoms with E-state index in [-0.39, 0.29) is 0 Å². The Bertz CT molecular complexity index is 743. The summed E-state index contributed by atoms with van der Waals surface area (Å²) in [5.74, 6) is 0.947. The number of ether oxygens (including phenoxy) is 1. The summed E-state index contributed by atoms with van der Waals surface area (Å²) in [5, 5.41) is 0. The molecule has 0 bridgehead atoms. The van der Waals surface area contributed by atoms with Crippen LogP contribution in [0, 0.1) is 0 Å². The fourth-order valence-electron chi connectivity index (χ4n) is 2.91. The van der Waals surface area contributed by atoms with Crippen molar-refractivity contribution in [2.45, 2.75) is 13.0 Å². The lowest BCUT2D eigenvalue weighted by molar-refractivity contribution is 0.307. The maximum atomic E-state index is 6.05. The number of hydrogen-bond donors (Lipinski definition) is 0. The molecule has 0 atom stereocenters. The number of rotatable bonds is 4. The van der Waals surface area contributed by atoms with Crippen LogP contribution in [0.1, 0.15) is 28.7 Å². The van der Waals surface area contributed by atoms with E-state index in [4.69, 9.17) is 4.74 Å². The van der Waals surface area contributed by atoms with Crippen LogP contribution in [0.5, 0.6) is 5.75 Å². The quantitative estimate of drug-likeness (QED) is 0.818. The largest absolute Gasteiger partial charge is 0.488 e. The van der Waals surface area contributed by atoms with Crippen LogP contribution in [-0.2, 0) is 6.61 Å². The Morgan fingerprint density at radius 1 is 1.13 bits per heavy atom. The fourth-order valence-corrected chi connectivity index (χ4v) is 2.91. The standard InChI is InChI=1S/C21H23NO/c1-4-16-11-12-21-20(14-16)19(10-7-13-22(2)3)18-9-6-5-8-17(18)15-23-21/h4-6,8-12,14H,1,7,13,15H2,2-3H3/b19-10+. The first-order valence-corrected chi connectivity index (χ1v) is 8.02. The maximum absolute atomic E-state index is 6.05. The topological polar surface area (TPSA) is 12.5 Å². The first-order valence-electron chi connectivity index (χ1n) is 8.02. The third-order valence-corrected chi connectivity index (χ3v) is 4.14. The minimum Gasteiger partial charge on any atom is -0.488 e. The average Bonchev–Trinajstić information content (AvgIpc) is 2.71. The Hall–Kier alpha value is -2.32. The van der Waals surface area contributed by atoms with Crippen molar-refractivity contribution in [3.63, 3.8) is 0 Å². The molecule has 1 aliphatic heterocycles.